The van der Waals surface area contributed by atoms with Gasteiger partial charge in [0.1, 0.15) is 0 Å². The van der Waals surface area contributed by atoms with Gasteiger partial charge in [-0.1, -0.05) is 30.0 Å². The second-order valence-corrected chi connectivity index (χ2v) is 7.37. The molecule has 2 aliphatic rings. The number of morpholine rings is 1. The molecule has 6 nitrogen and oxygen atoms in total. The van der Waals surface area contributed by atoms with Crippen LogP contribution < -0.4 is 4.90 Å². The Morgan fingerprint density at radius 1 is 1.08 bits per heavy atom. The summed E-state index contributed by atoms with van der Waals surface area (Å²) in [6.45, 7) is 6.93. The summed E-state index contributed by atoms with van der Waals surface area (Å²) >= 11 is 1.77. The molecule has 0 bridgehead atoms. The van der Waals surface area contributed by atoms with Crippen LogP contribution in [-0.2, 0) is 9.47 Å². The Morgan fingerprint density at radius 2 is 1.92 bits per heavy atom. The van der Waals surface area contributed by atoms with Gasteiger partial charge in [0, 0.05) is 24.9 Å². The highest BCUT2D eigenvalue weighted by atomic mass is 32.2. The zero-order valence-electron chi connectivity index (χ0n) is 13.9. The van der Waals surface area contributed by atoms with Crippen molar-refractivity contribution < 1.29 is 9.47 Å². The molecule has 1 aromatic carbocycles. The Balaban J connectivity index is 1.73. The van der Waals surface area contributed by atoms with E-state index in [1.165, 1.54) is 5.56 Å². The van der Waals surface area contributed by atoms with E-state index in [9.17, 15) is 0 Å². The summed E-state index contributed by atoms with van der Waals surface area (Å²) in [5.41, 5.74) is 2.36. The van der Waals surface area contributed by atoms with Crippen LogP contribution in [0.4, 0.5) is 5.95 Å². The fourth-order valence-corrected chi connectivity index (χ4v) is 4.14. The lowest BCUT2D eigenvalue weighted by Gasteiger charge is -2.28. The summed E-state index contributed by atoms with van der Waals surface area (Å²) in [5, 5.41) is 10.4. The van der Waals surface area contributed by atoms with Crippen molar-refractivity contribution in [1.29, 1.82) is 0 Å². The average molecular weight is 346 g/mol. The van der Waals surface area contributed by atoms with E-state index in [4.69, 9.17) is 9.47 Å². The van der Waals surface area contributed by atoms with E-state index >= 15 is 0 Å². The smallest absolute Gasteiger partial charge is 0.232 e. The minimum Gasteiger partial charge on any atom is -0.380 e. The van der Waals surface area contributed by atoms with Crippen molar-refractivity contribution in [2.24, 2.45) is 0 Å². The first kappa shape index (κ1) is 15.9. The zero-order chi connectivity index (χ0) is 16.4. The predicted molar refractivity (Wildman–Crippen MR) is 94.2 cm³/mol. The lowest BCUT2D eigenvalue weighted by atomic mass is 10.2. The summed E-state index contributed by atoms with van der Waals surface area (Å²) in [5.74, 6) is 0.911. The summed E-state index contributed by atoms with van der Waals surface area (Å²) in [7, 11) is 0. The van der Waals surface area contributed by atoms with E-state index in [0.717, 1.165) is 62.7 Å². The van der Waals surface area contributed by atoms with Gasteiger partial charge in [-0.25, -0.2) is 0 Å². The van der Waals surface area contributed by atoms with Crippen molar-refractivity contribution in [3.8, 4) is 5.69 Å². The van der Waals surface area contributed by atoms with Crippen molar-refractivity contribution in [2.45, 2.75) is 23.8 Å². The first-order chi connectivity index (χ1) is 11.8. The Bertz CT molecular complexity index is 694. The number of aryl methyl sites for hydroxylation is 1. The molecule has 0 spiro atoms. The fourth-order valence-electron chi connectivity index (χ4n) is 3.09. The Morgan fingerprint density at radius 3 is 2.67 bits per heavy atom. The van der Waals surface area contributed by atoms with Crippen molar-refractivity contribution >= 4 is 17.7 Å². The summed E-state index contributed by atoms with van der Waals surface area (Å²) in [6, 6.07) is 8.40. The first-order valence-electron chi connectivity index (χ1n) is 8.41. The van der Waals surface area contributed by atoms with E-state index in [2.05, 4.69) is 50.9 Å². The van der Waals surface area contributed by atoms with E-state index in [0.29, 0.717) is 5.25 Å². The second-order valence-electron chi connectivity index (χ2n) is 6.11. The number of para-hydroxylation sites is 1. The van der Waals surface area contributed by atoms with Crippen LogP contribution >= 0.6 is 11.8 Å². The highest BCUT2D eigenvalue weighted by Crippen LogP contribution is 2.33. The highest BCUT2D eigenvalue weighted by Gasteiger charge is 2.26. The van der Waals surface area contributed by atoms with Crippen LogP contribution in [-0.4, -0.2) is 59.5 Å². The molecular weight excluding hydrogens is 324 g/mol. The summed E-state index contributed by atoms with van der Waals surface area (Å²) in [4.78, 5) is 2.26. The fraction of sp³-hybridized carbons (Fsp3) is 0.529. The van der Waals surface area contributed by atoms with Crippen molar-refractivity contribution in [3.63, 3.8) is 0 Å². The molecule has 0 unspecified atom stereocenters. The van der Waals surface area contributed by atoms with Gasteiger partial charge in [0.2, 0.25) is 5.95 Å². The molecule has 4 rings (SSSR count). The lowest BCUT2D eigenvalue weighted by molar-refractivity contribution is 0.122. The molecule has 3 heterocycles. The molecule has 0 saturated carbocycles. The normalized spacial score (nSPS) is 21.4. The van der Waals surface area contributed by atoms with Crippen molar-refractivity contribution in [1.82, 2.24) is 14.8 Å². The maximum Gasteiger partial charge on any atom is 0.232 e. The molecule has 2 fully saturated rings. The molecule has 2 saturated heterocycles. The maximum atomic E-state index is 5.52. The molecule has 1 atom stereocenters. The van der Waals surface area contributed by atoms with Gasteiger partial charge in [0.05, 0.1) is 25.5 Å². The van der Waals surface area contributed by atoms with Gasteiger partial charge in [-0.15, -0.1) is 10.2 Å². The lowest BCUT2D eigenvalue weighted by Crippen LogP contribution is -2.38. The molecule has 7 heteroatoms. The maximum absolute atomic E-state index is 5.52. The Hall–Kier alpha value is -1.57. The topological polar surface area (TPSA) is 52.4 Å². The molecular formula is C17H22N4O2S. The van der Waals surface area contributed by atoms with Gasteiger partial charge < -0.3 is 14.4 Å². The number of rotatable bonds is 4. The SMILES string of the molecule is Cc1ccccc1-n1c(S[C@H]2CCOC2)nnc1N1CCOCC1. The quantitative estimate of drug-likeness (QED) is 0.847. The molecule has 1 aromatic heterocycles. The molecule has 0 radical (unpaired) electrons. The molecule has 2 aromatic rings. The monoisotopic (exact) mass is 346 g/mol. The van der Waals surface area contributed by atoms with Crippen LogP contribution in [0.3, 0.4) is 0 Å². The van der Waals surface area contributed by atoms with Crippen molar-refractivity contribution in [2.75, 3.05) is 44.4 Å². The molecule has 2 aliphatic heterocycles. The Kier molecular flexibility index (Phi) is 4.73. The third-order valence-corrected chi connectivity index (χ3v) is 5.61. The van der Waals surface area contributed by atoms with Gasteiger partial charge >= 0.3 is 0 Å². The number of ether oxygens (including phenoxy) is 2. The molecule has 24 heavy (non-hydrogen) atoms. The zero-order valence-corrected chi connectivity index (χ0v) is 14.7. The number of nitrogens with zero attached hydrogens (tertiary/aromatic N) is 4. The van der Waals surface area contributed by atoms with Crippen LogP contribution in [0, 0.1) is 6.92 Å². The number of hydrogen-bond acceptors (Lipinski definition) is 6. The third-order valence-electron chi connectivity index (χ3n) is 4.43. The van der Waals surface area contributed by atoms with Crippen LogP contribution in [0.15, 0.2) is 29.4 Å². The molecule has 0 amide bonds. The highest BCUT2D eigenvalue weighted by molar-refractivity contribution is 7.99. The third kappa shape index (κ3) is 3.16. The number of aromatic nitrogens is 3. The number of benzene rings is 1. The van der Waals surface area contributed by atoms with Gasteiger partial charge in [-0.2, -0.15) is 0 Å². The Labute approximate surface area is 146 Å². The number of thioether (sulfide) groups is 1. The van der Waals surface area contributed by atoms with E-state index < -0.39 is 0 Å². The predicted octanol–water partition coefficient (Wildman–Crippen LogP) is 2.29. The first-order valence-corrected chi connectivity index (χ1v) is 9.29. The van der Waals surface area contributed by atoms with Crippen LogP contribution in [0.25, 0.3) is 5.69 Å². The van der Waals surface area contributed by atoms with Crippen molar-refractivity contribution in [3.05, 3.63) is 29.8 Å². The van der Waals surface area contributed by atoms with E-state index in [1.807, 2.05) is 0 Å². The van der Waals surface area contributed by atoms with E-state index in [1.54, 1.807) is 11.8 Å². The van der Waals surface area contributed by atoms with E-state index in [-0.39, 0.29) is 0 Å². The molecule has 128 valence electrons. The van der Waals surface area contributed by atoms with Gasteiger partial charge in [0.25, 0.3) is 0 Å². The number of anilines is 1. The summed E-state index contributed by atoms with van der Waals surface area (Å²) < 4.78 is 13.2. The van der Waals surface area contributed by atoms with Crippen LogP contribution in [0.5, 0.6) is 0 Å². The number of hydrogen-bond donors (Lipinski definition) is 0. The largest absolute Gasteiger partial charge is 0.380 e. The standard InChI is InChI=1S/C17H22N4O2S/c1-13-4-2-3-5-15(13)21-16(20-7-10-22-11-8-20)18-19-17(21)24-14-6-9-23-12-14/h2-5,14H,6-12H2,1H3/t14-/m0/s1. The minimum atomic E-state index is 0.453. The van der Waals surface area contributed by atoms with Crippen LogP contribution in [0.1, 0.15) is 12.0 Å². The van der Waals surface area contributed by atoms with Gasteiger partial charge in [0.15, 0.2) is 5.16 Å². The van der Waals surface area contributed by atoms with Gasteiger partial charge in [-0.3, -0.25) is 4.57 Å². The minimum absolute atomic E-state index is 0.453. The summed E-state index contributed by atoms with van der Waals surface area (Å²) in [6.07, 6.45) is 1.07. The van der Waals surface area contributed by atoms with Crippen LogP contribution in [0.2, 0.25) is 0 Å². The molecule has 0 N–H and O–H groups in total. The van der Waals surface area contributed by atoms with Gasteiger partial charge in [-0.05, 0) is 25.0 Å². The average Bonchev–Trinajstić information content (AvgIpc) is 3.27. The second kappa shape index (κ2) is 7.13. The molecule has 0 aliphatic carbocycles.